The van der Waals surface area contributed by atoms with Crippen LogP contribution in [0, 0.1) is 0 Å². The van der Waals surface area contributed by atoms with Gasteiger partial charge in [-0.3, -0.25) is 4.79 Å². The third-order valence-electron chi connectivity index (χ3n) is 3.12. The Bertz CT molecular complexity index is 257. The van der Waals surface area contributed by atoms with Crippen LogP contribution in [0.3, 0.4) is 0 Å². The molecule has 0 rings (SSSR count). The van der Waals surface area contributed by atoms with Crippen LogP contribution >= 0.6 is 34.8 Å². The minimum Gasteiger partial charge on any atom is -0.369 e. The molecule has 1 amide bonds. The minimum atomic E-state index is -1.88. The highest BCUT2D eigenvalue weighted by Gasteiger charge is 2.31. The molecule has 0 aromatic heterocycles. The van der Waals surface area contributed by atoms with Crippen molar-refractivity contribution in [1.82, 2.24) is 5.32 Å². The maximum Gasteiger partial charge on any atom is 0.234 e. The Morgan fingerprint density at radius 2 is 1.45 bits per heavy atom. The number of hydrogen-bond donors (Lipinski definition) is 2. The van der Waals surface area contributed by atoms with Crippen molar-refractivity contribution >= 4 is 40.7 Å². The summed E-state index contributed by atoms with van der Waals surface area (Å²) in [5.74, 6) is -0.285. The van der Waals surface area contributed by atoms with Crippen LogP contribution in [0.1, 0.15) is 71.1 Å². The van der Waals surface area contributed by atoms with Crippen LogP contribution in [0.2, 0.25) is 0 Å². The number of nitrogens with one attached hydrogen (secondary N) is 1. The topological polar surface area (TPSA) is 49.3 Å². The van der Waals surface area contributed by atoms with E-state index in [2.05, 4.69) is 12.2 Å². The standard InChI is InChI=1S/C14H26Cl3NO2/c1-2-3-4-5-6-7-8-9-10-11-12(19)18-13(20)14(15,16)17/h13,20H,2-11H2,1H3,(H,18,19)/t13-/m1/s1. The molecule has 0 aliphatic rings. The van der Waals surface area contributed by atoms with Gasteiger partial charge >= 0.3 is 0 Å². The number of alkyl halides is 3. The molecular weight excluding hydrogens is 321 g/mol. The lowest BCUT2D eigenvalue weighted by atomic mass is 10.1. The van der Waals surface area contributed by atoms with Crippen molar-refractivity contribution in [3.63, 3.8) is 0 Å². The zero-order valence-electron chi connectivity index (χ0n) is 12.1. The van der Waals surface area contributed by atoms with E-state index in [4.69, 9.17) is 34.8 Å². The van der Waals surface area contributed by atoms with Crippen molar-refractivity contribution in [3.8, 4) is 0 Å². The van der Waals surface area contributed by atoms with E-state index in [1.807, 2.05) is 0 Å². The van der Waals surface area contributed by atoms with Crippen molar-refractivity contribution < 1.29 is 9.90 Å². The van der Waals surface area contributed by atoms with Gasteiger partial charge in [-0.05, 0) is 6.42 Å². The minimum absolute atomic E-state index is 0.285. The zero-order valence-corrected chi connectivity index (χ0v) is 14.4. The van der Waals surface area contributed by atoms with Gasteiger partial charge in [0.15, 0.2) is 6.23 Å². The first-order chi connectivity index (χ1) is 9.38. The van der Waals surface area contributed by atoms with Crippen molar-refractivity contribution in [3.05, 3.63) is 0 Å². The predicted molar refractivity (Wildman–Crippen MR) is 86.3 cm³/mol. The summed E-state index contributed by atoms with van der Waals surface area (Å²) in [5, 5.41) is 11.6. The molecule has 0 heterocycles. The number of carbonyl (C=O) groups excluding carboxylic acids is 1. The lowest BCUT2D eigenvalue weighted by Gasteiger charge is -2.19. The first kappa shape index (κ1) is 20.3. The van der Waals surface area contributed by atoms with Crippen molar-refractivity contribution in [2.24, 2.45) is 0 Å². The lowest BCUT2D eigenvalue weighted by Crippen LogP contribution is -2.43. The summed E-state index contributed by atoms with van der Waals surface area (Å²) in [4.78, 5) is 11.5. The van der Waals surface area contributed by atoms with Crippen molar-refractivity contribution in [2.45, 2.75) is 81.2 Å². The number of unbranched alkanes of at least 4 members (excludes halogenated alkanes) is 8. The number of aliphatic hydroxyl groups is 1. The fraction of sp³-hybridized carbons (Fsp3) is 0.929. The Labute approximate surface area is 137 Å². The van der Waals surface area contributed by atoms with Gasteiger partial charge in [0.25, 0.3) is 0 Å². The normalized spacial score (nSPS) is 13.2. The van der Waals surface area contributed by atoms with Crippen LogP contribution in [-0.2, 0) is 4.79 Å². The van der Waals surface area contributed by atoms with E-state index >= 15 is 0 Å². The van der Waals surface area contributed by atoms with Gasteiger partial charge in [0.2, 0.25) is 9.70 Å². The summed E-state index contributed by atoms with van der Waals surface area (Å²) in [6.07, 6.45) is 9.59. The second-order valence-corrected chi connectivity index (χ2v) is 7.46. The van der Waals surface area contributed by atoms with E-state index < -0.39 is 10.0 Å². The molecule has 120 valence electrons. The SMILES string of the molecule is CCCCCCCCCCCC(=O)N[C@H](O)C(Cl)(Cl)Cl. The molecule has 0 aliphatic carbocycles. The van der Waals surface area contributed by atoms with Gasteiger partial charge in [-0.1, -0.05) is 93.1 Å². The molecule has 6 heteroatoms. The summed E-state index contributed by atoms with van der Waals surface area (Å²) in [5.41, 5.74) is 0. The highest BCUT2D eigenvalue weighted by atomic mass is 35.6. The molecule has 0 spiro atoms. The molecule has 3 nitrogen and oxygen atoms in total. The largest absolute Gasteiger partial charge is 0.369 e. The molecule has 0 radical (unpaired) electrons. The highest BCUT2D eigenvalue weighted by Crippen LogP contribution is 2.28. The summed E-state index contributed by atoms with van der Waals surface area (Å²) < 4.78 is -1.88. The Kier molecular flexibility index (Phi) is 12.1. The maximum absolute atomic E-state index is 11.5. The molecule has 0 aromatic carbocycles. The number of carbonyl (C=O) groups is 1. The van der Waals surface area contributed by atoms with Gasteiger partial charge in [-0.2, -0.15) is 0 Å². The number of amides is 1. The van der Waals surface area contributed by atoms with Gasteiger partial charge in [-0.25, -0.2) is 0 Å². The third kappa shape index (κ3) is 12.1. The van der Waals surface area contributed by atoms with E-state index in [-0.39, 0.29) is 5.91 Å². The van der Waals surface area contributed by atoms with Gasteiger partial charge in [0, 0.05) is 6.42 Å². The predicted octanol–water partition coefficient (Wildman–Crippen LogP) is 4.71. The summed E-state index contributed by atoms with van der Waals surface area (Å²) >= 11 is 16.3. The van der Waals surface area contributed by atoms with E-state index in [1.165, 1.54) is 38.5 Å². The van der Waals surface area contributed by atoms with Crippen molar-refractivity contribution in [1.29, 1.82) is 0 Å². The molecule has 0 fully saturated rings. The van der Waals surface area contributed by atoms with E-state index in [1.54, 1.807) is 0 Å². The maximum atomic E-state index is 11.5. The molecule has 2 N–H and O–H groups in total. The van der Waals surface area contributed by atoms with E-state index in [0.29, 0.717) is 6.42 Å². The summed E-state index contributed by atoms with van der Waals surface area (Å²) in [6.45, 7) is 2.21. The van der Waals surface area contributed by atoms with Crippen LogP contribution in [0.15, 0.2) is 0 Å². The molecule has 1 atom stereocenters. The Morgan fingerprint density at radius 3 is 1.90 bits per heavy atom. The Balaban J connectivity index is 3.40. The van der Waals surface area contributed by atoms with E-state index in [0.717, 1.165) is 19.3 Å². The first-order valence-corrected chi connectivity index (χ1v) is 8.55. The molecule has 0 aromatic rings. The molecule has 0 saturated heterocycles. The molecule has 0 bridgehead atoms. The number of halogens is 3. The number of hydrogen-bond acceptors (Lipinski definition) is 2. The van der Waals surface area contributed by atoms with Crippen LogP contribution < -0.4 is 5.32 Å². The van der Waals surface area contributed by atoms with Gasteiger partial charge in [0.05, 0.1) is 0 Å². The molecule has 20 heavy (non-hydrogen) atoms. The number of aliphatic hydroxyl groups excluding tert-OH is 1. The van der Waals surface area contributed by atoms with Crippen LogP contribution in [0.4, 0.5) is 0 Å². The van der Waals surface area contributed by atoms with Crippen LogP contribution in [0.5, 0.6) is 0 Å². The Hall–Kier alpha value is 0.300. The smallest absolute Gasteiger partial charge is 0.234 e. The summed E-state index contributed by atoms with van der Waals surface area (Å²) in [6, 6.07) is 0. The second-order valence-electron chi connectivity index (χ2n) is 5.09. The molecular formula is C14H26Cl3NO2. The lowest BCUT2D eigenvalue weighted by molar-refractivity contribution is -0.124. The average molecular weight is 347 g/mol. The molecule has 0 aliphatic heterocycles. The Morgan fingerprint density at radius 1 is 1.00 bits per heavy atom. The average Bonchev–Trinajstić information content (AvgIpc) is 2.35. The van der Waals surface area contributed by atoms with Crippen LogP contribution in [-0.4, -0.2) is 21.0 Å². The quantitative estimate of drug-likeness (QED) is 0.323. The fourth-order valence-corrected chi connectivity index (χ4v) is 2.07. The van der Waals surface area contributed by atoms with Gasteiger partial charge in [-0.15, -0.1) is 0 Å². The van der Waals surface area contributed by atoms with Crippen LogP contribution in [0.25, 0.3) is 0 Å². The second kappa shape index (κ2) is 11.9. The van der Waals surface area contributed by atoms with E-state index in [9.17, 15) is 9.90 Å². The van der Waals surface area contributed by atoms with Crippen molar-refractivity contribution in [2.75, 3.05) is 0 Å². The summed E-state index contributed by atoms with van der Waals surface area (Å²) in [7, 11) is 0. The number of rotatable bonds is 11. The third-order valence-corrected chi connectivity index (χ3v) is 3.74. The molecule has 0 saturated carbocycles. The molecule has 0 unspecified atom stereocenters. The van der Waals surface area contributed by atoms with Gasteiger partial charge < -0.3 is 10.4 Å². The fourth-order valence-electron chi connectivity index (χ4n) is 1.90. The first-order valence-electron chi connectivity index (χ1n) is 7.42. The van der Waals surface area contributed by atoms with Gasteiger partial charge in [0.1, 0.15) is 0 Å². The zero-order chi connectivity index (χ0) is 15.4. The highest BCUT2D eigenvalue weighted by molar-refractivity contribution is 6.68. The monoisotopic (exact) mass is 345 g/mol.